The van der Waals surface area contributed by atoms with Crippen LogP contribution in [0.1, 0.15) is 12.0 Å². The topological polar surface area (TPSA) is 34.1 Å². The average molecular weight is 267 g/mol. The predicted molar refractivity (Wildman–Crippen MR) is 64.3 cm³/mol. The number of rotatable bonds is 5. The molecule has 0 atom stereocenters. The predicted octanol–water partition coefficient (Wildman–Crippen LogP) is 2.88. The Kier molecular flexibility index (Phi) is 4.90. The van der Waals surface area contributed by atoms with Crippen molar-refractivity contribution in [1.29, 1.82) is 0 Å². The van der Waals surface area contributed by atoms with Crippen LogP contribution in [0.5, 0.6) is 0 Å². The zero-order valence-electron chi connectivity index (χ0n) is 8.12. The van der Waals surface area contributed by atoms with Crippen LogP contribution < -0.4 is 0 Å². The van der Waals surface area contributed by atoms with Crippen molar-refractivity contribution in [3.05, 3.63) is 34.9 Å². The van der Waals surface area contributed by atoms with Crippen LogP contribution in [-0.4, -0.2) is 20.1 Å². The molecule has 1 rings (SSSR count). The Morgan fingerprint density at radius 3 is 2.47 bits per heavy atom. The lowest BCUT2D eigenvalue weighted by Gasteiger charge is -2.04. The fraction of sp³-hybridized carbons (Fsp3) is 0.400. The van der Waals surface area contributed by atoms with Crippen molar-refractivity contribution >= 4 is 33.0 Å². The highest BCUT2D eigenvalue weighted by atomic mass is 35.5. The first-order valence-electron chi connectivity index (χ1n) is 4.55. The fourth-order valence-electron chi connectivity index (χ4n) is 1.20. The maximum absolute atomic E-state index is 11.6. The van der Waals surface area contributed by atoms with Gasteiger partial charge < -0.3 is 0 Å². The first-order chi connectivity index (χ1) is 7.05. The number of hydrogen-bond acceptors (Lipinski definition) is 2. The second-order valence-electron chi connectivity index (χ2n) is 3.23. The molecule has 0 aliphatic rings. The van der Waals surface area contributed by atoms with Gasteiger partial charge in [-0.2, -0.15) is 0 Å². The third-order valence-corrected chi connectivity index (χ3v) is 4.22. The minimum absolute atomic E-state index is 0.0104. The van der Waals surface area contributed by atoms with E-state index >= 15 is 0 Å². The number of alkyl halides is 1. The molecule has 0 heterocycles. The van der Waals surface area contributed by atoms with Crippen LogP contribution in [0.4, 0.5) is 0 Å². The van der Waals surface area contributed by atoms with E-state index in [1.807, 2.05) is 0 Å². The maximum atomic E-state index is 11.6. The quantitative estimate of drug-likeness (QED) is 0.769. The summed E-state index contributed by atoms with van der Waals surface area (Å²) >= 11 is 11.3. The second kappa shape index (κ2) is 5.73. The lowest BCUT2D eigenvalue weighted by molar-refractivity contribution is 0.594. The van der Waals surface area contributed by atoms with Gasteiger partial charge in [0.25, 0.3) is 0 Å². The Morgan fingerprint density at radius 2 is 1.87 bits per heavy atom. The Hall–Kier alpha value is -0.250. The zero-order valence-corrected chi connectivity index (χ0v) is 10.4. The molecule has 0 radical (unpaired) electrons. The van der Waals surface area contributed by atoms with E-state index in [0.29, 0.717) is 22.9 Å². The lowest BCUT2D eigenvalue weighted by atomic mass is 10.2. The zero-order chi connectivity index (χ0) is 11.3. The lowest BCUT2D eigenvalue weighted by Crippen LogP contribution is -2.10. The van der Waals surface area contributed by atoms with Gasteiger partial charge >= 0.3 is 0 Å². The van der Waals surface area contributed by atoms with E-state index in [1.165, 1.54) is 0 Å². The molecule has 0 aliphatic heterocycles. The molecule has 5 heteroatoms. The number of sulfone groups is 1. The van der Waals surface area contributed by atoms with E-state index in [-0.39, 0.29) is 11.5 Å². The molecule has 0 bridgehead atoms. The molecule has 0 aromatic heterocycles. The number of benzene rings is 1. The molecule has 0 saturated heterocycles. The van der Waals surface area contributed by atoms with E-state index in [1.54, 1.807) is 24.3 Å². The molecule has 1 aromatic rings. The number of hydrogen-bond donors (Lipinski definition) is 0. The summed E-state index contributed by atoms with van der Waals surface area (Å²) in [6, 6.07) is 6.96. The van der Waals surface area contributed by atoms with Crippen LogP contribution in [0, 0.1) is 0 Å². The van der Waals surface area contributed by atoms with Gasteiger partial charge in [-0.15, -0.1) is 11.6 Å². The molecule has 2 nitrogen and oxygen atoms in total. The highest BCUT2D eigenvalue weighted by molar-refractivity contribution is 7.90. The normalized spacial score (nSPS) is 11.6. The van der Waals surface area contributed by atoms with Crippen molar-refractivity contribution in [3.8, 4) is 0 Å². The summed E-state index contributed by atoms with van der Waals surface area (Å²) < 4.78 is 23.2. The van der Waals surface area contributed by atoms with Gasteiger partial charge in [0.15, 0.2) is 9.84 Å². The molecule has 0 aliphatic carbocycles. The molecular formula is C10H12Cl2O2S. The Morgan fingerprint density at radius 1 is 1.20 bits per heavy atom. The minimum Gasteiger partial charge on any atom is -0.228 e. The second-order valence-corrected chi connectivity index (χ2v) is 6.20. The van der Waals surface area contributed by atoms with E-state index in [2.05, 4.69) is 0 Å². The van der Waals surface area contributed by atoms with Gasteiger partial charge in [-0.3, -0.25) is 0 Å². The molecule has 0 fully saturated rings. The summed E-state index contributed by atoms with van der Waals surface area (Å²) in [7, 11) is -3.09. The summed E-state index contributed by atoms with van der Waals surface area (Å²) in [5.41, 5.74) is 0.647. The standard InChI is InChI=1S/C10H12Cl2O2S/c11-6-3-7-15(13,14)8-9-4-1-2-5-10(9)12/h1-2,4-5H,3,6-8H2. The molecule has 15 heavy (non-hydrogen) atoms. The van der Waals surface area contributed by atoms with E-state index in [9.17, 15) is 8.42 Å². The molecule has 0 amide bonds. The molecule has 0 saturated carbocycles. The third-order valence-electron chi connectivity index (χ3n) is 1.92. The highest BCUT2D eigenvalue weighted by Crippen LogP contribution is 2.18. The van der Waals surface area contributed by atoms with Crippen LogP contribution >= 0.6 is 23.2 Å². The van der Waals surface area contributed by atoms with E-state index in [4.69, 9.17) is 23.2 Å². The van der Waals surface area contributed by atoms with Crippen LogP contribution in [0.15, 0.2) is 24.3 Å². The summed E-state index contributed by atoms with van der Waals surface area (Å²) in [5.74, 6) is 0.465. The van der Waals surface area contributed by atoms with Crippen molar-refractivity contribution < 1.29 is 8.42 Å². The van der Waals surface area contributed by atoms with Crippen LogP contribution in [0.25, 0.3) is 0 Å². The smallest absolute Gasteiger partial charge is 0.154 e. The molecule has 0 unspecified atom stereocenters. The van der Waals surface area contributed by atoms with Crippen LogP contribution in [0.3, 0.4) is 0 Å². The van der Waals surface area contributed by atoms with Gasteiger partial charge in [0.1, 0.15) is 0 Å². The van der Waals surface area contributed by atoms with E-state index < -0.39 is 9.84 Å². The third kappa shape index (κ3) is 4.41. The van der Waals surface area contributed by atoms with Crippen molar-refractivity contribution in [2.24, 2.45) is 0 Å². The van der Waals surface area contributed by atoms with Gasteiger partial charge in [-0.25, -0.2) is 8.42 Å². The molecular weight excluding hydrogens is 255 g/mol. The largest absolute Gasteiger partial charge is 0.228 e. The first-order valence-corrected chi connectivity index (χ1v) is 7.28. The van der Waals surface area contributed by atoms with Crippen LogP contribution in [-0.2, 0) is 15.6 Å². The maximum Gasteiger partial charge on any atom is 0.154 e. The van der Waals surface area contributed by atoms with Crippen molar-refractivity contribution in [3.63, 3.8) is 0 Å². The summed E-state index contributed by atoms with van der Waals surface area (Å²) in [6.45, 7) is 0. The SMILES string of the molecule is O=S(=O)(CCCCl)Cc1ccccc1Cl. The van der Waals surface area contributed by atoms with E-state index in [0.717, 1.165) is 0 Å². The molecule has 1 aromatic carbocycles. The van der Waals surface area contributed by atoms with Crippen molar-refractivity contribution in [2.45, 2.75) is 12.2 Å². The molecule has 0 spiro atoms. The van der Waals surface area contributed by atoms with Crippen LogP contribution in [0.2, 0.25) is 5.02 Å². The summed E-state index contributed by atoms with van der Waals surface area (Å²) in [4.78, 5) is 0. The Labute approximate surface area is 100 Å². The molecule has 84 valence electrons. The highest BCUT2D eigenvalue weighted by Gasteiger charge is 2.13. The molecule has 0 N–H and O–H groups in total. The Bertz CT molecular complexity index is 415. The van der Waals surface area contributed by atoms with Crippen molar-refractivity contribution in [2.75, 3.05) is 11.6 Å². The summed E-state index contributed by atoms with van der Waals surface area (Å²) in [6.07, 6.45) is 0.480. The van der Waals surface area contributed by atoms with Gasteiger partial charge in [-0.1, -0.05) is 29.8 Å². The first kappa shape index (κ1) is 12.8. The average Bonchev–Trinajstić information content (AvgIpc) is 2.18. The van der Waals surface area contributed by atoms with Gasteiger partial charge in [0, 0.05) is 10.9 Å². The monoisotopic (exact) mass is 266 g/mol. The summed E-state index contributed by atoms with van der Waals surface area (Å²) in [5, 5.41) is 0.493. The minimum atomic E-state index is -3.09. The Balaban J connectivity index is 2.74. The number of halogens is 2. The van der Waals surface area contributed by atoms with Gasteiger partial charge in [-0.05, 0) is 18.1 Å². The van der Waals surface area contributed by atoms with Gasteiger partial charge in [0.05, 0.1) is 11.5 Å². The fourth-order valence-corrected chi connectivity index (χ4v) is 3.23. The van der Waals surface area contributed by atoms with Gasteiger partial charge in [0.2, 0.25) is 0 Å². The van der Waals surface area contributed by atoms with Crippen molar-refractivity contribution in [1.82, 2.24) is 0 Å².